The molecule has 2 atom stereocenters. The maximum Gasteiger partial charge on any atom is 0.123 e. The van der Waals surface area contributed by atoms with Crippen LogP contribution in [-0.2, 0) is 6.54 Å². The van der Waals surface area contributed by atoms with Crippen molar-refractivity contribution in [3.05, 3.63) is 47.6 Å². The summed E-state index contributed by atoms with van der Waals surface area (Å²) in [6.45, 7) is 15.1. The summed E-state index contributed by atoms with van der Waals surface area (Å²) < 4.78 is 14.5. The molecule has 0 aromatic heterocycles. The number of piperidine rings is 1. The van der Waals surface area contributed by atoms with Gasteiger partial charge in [0.1, 0.15) is 11.9 Å². The molecule has 1 aromatic carbocycles. The van der Waals surface area contributed by atoms with E-state index in [-0.39, 0.29) is 6.42 Å². The van der Waals surface area contributed by atoms with E-state index < -0.39 is 11.6 Å². The highest BCUT2D eigenvalue weighted by Crippen LogP contribution is 2.37. The van der Waals surface area contributed by atoms with E-state index in [1.165, 1.54) is 24.0 Å². The van der Waals surface area contributed by atoms with Gasteiger partial charge in [-0.1, -0.05) is 44.6 Å². The van der Waals surface area contributed by atoms with Crippen molar-refractivity contribution in [3.8, 4) is 11.8 Å². The van der Waals surface area contributed by atoms with Crippen molar-refractivity contribution in [2.45, 2.75) is 85.9 Å². The topological polar surface area (TPSA) is 47.3 Å². The second kappa shape index (κ2) is 13.3. The summed E-state index contributed by atoms with van der Waals surface area (Å²) in [6, 6.07) is 7.98. The van der Waals surface area contributed by atoms with Crippen molar-refractivity contribution < 1.29 is 9.50 Å². The van der Waals surface area contributed by atoms with Crippen molar-refractivity contribution >= 4 is 5.57 Å². The van der Waals surface area contributed by atoms with Crippen molar-refractivity contribution in [2.75, 3.05) is 13.1 Å². The number of phenols is 1. The summed E-state index contributed by atoms with van der Waals surface area (Å²) in [5.41, 5.74) is 3.83. The Balaban J connectivity index is 0.000000720. The van der Waals surface area contributed by atoms with Gasteiger partial charge in [0.05, 0.1) is 6.07 Å². The van der Waals surface area contributed by atoms with Gasteiger partial charge in [-0.3, -0.25) is 4.90 Å². The first-order valence-electron chi connectivity index (χ1n) is 11.6. The molecule has 1 aromatic rings. The number of nitriles is 1. The van der Waals surface area contributed by atoms with E-state index in [0.717, 1.165) is 30.5 Å². The number of aromatic hydroxyl groups is 1. The summed E-state index contributed by atoms with van der Waals surface area (Å²) in [4.78, 5) is 2.08. The number of allylic oxidation sites excluding steroid dienone is 3. The first-order valence-corrected chi connectivity index (χ1v) is 11.6. The van der Waals surface area contributed by atoms with Gasteiger partial charge in [-0.2, -0.15) is 5.26 Å². The number of rotatable bonds is 4. The van der Waals surface area contributed by atoms with Gasteiger partial charge in [0.15, 0.2) is 0 Å². The molecule has 0 bridgehead atoms. The fourth-order valence-corrected chi connectivity index (χ4v) is 3.92. The van der Waals surface area contributed by atoms with Gasteiger partial charge < -0.3 is 5.11 Å². The molecule has 1 saturated heterocycles. The molecule has 0 radical (unpaired) electrons. The molecule has 1 heterocycles. The van der Waals surface area contributed by atoms with E-state index in [2.05, 4.69) is 23.6 Å². The minimum atomic E-state index is -0.985. The standard InChI is InChI=1S/C21H27FN2O.C4H8.C2H6/c1-21(9-11-23)10-12-24(15-20(21)22)14-16-7-8-18(19(25)13-16)17-5-3-2-4-6-17;1-4(2)3;1-2/h5,7-8,13,20,25H,2-4,6,9-10,12,14-15H2,1H3;1H2,2-3H3;1-2H3. The van der Waals surface area contributed by atoms with E-state index >= 15 is 0 Å². The molecule has 4 heteroatoms. The van der Waals surface area contributed by atoms with Crippen molar-refractivity contribution in [1.29, 1.82) is 5.26 Å². The third-order valence-electron chi connectivity index (χ3n) is 5.76. The molecular weight excluding hydrogens is 387 g/mol. The van der Waals surface area contributed by atoms with Crippen LogP contribution in [0.25, 0.3) is 5.57 Å². The lowest BCUT2D eigenvalue weighted by atomic mass is 9.76. The molecule has 3 nitrogen and oxygen atoms in total. The van der Waals surface area contributed by atoms with Gasteiger partial charge in [-0.15, -0.1) is 6.58 Å². The number of benzene rings is 1. The minimum absolute atomic E-state index is 0.270. The number of halogens is 1. The molecule has 2 aliphatic rings. The quantitative estimate of drug-likeness (QED) is 0.507. The van der Waals surface area contributed by atoms with Crippen LogP contribution in [0.4, 0.5) is 4.39 Å². The van der Waals surface area contributed by atoms with Gasteiger partial charge in [0, 0.05) is 30.5 Å². The molecule has 31 heavy (non-hydrogen) atoms. The number of hydrogen-bond acceptors (Lipinski definition) is 3. The zero-order valence-electron chi connectivity index (χ0n) is 20.2. The molecule has 172 valence electrons. The Bertz CT molecular complexity index is 776. The SMILES string of the molecule is C=C(C)C.CC.CC1(CC#N)CCN(Cc2ccc(C3=CCCCC3)c(O)c2)CC1F. The molecule has 0 saturated carbocycles. The number of nitrogens with zero attached hydrogens (tertiary/aromatic N) is 2. The molecule has 1 fully saturated rings. The monoisotopic (exact) mass is 428 g/mol. The van der Waals surface area contributed by atoms with Gasteiger partial charge in [0.25, 0.3) is 0 Å². The molecule has 0 spiro atoms. The van der Waals surface area contributed by atoms with Crippen LogP contribution >= 0.6 is 0 Å². The Kier molecular flexibility index (Phi) is 11.6. The number of alkyl halides is 1. The Morgan fingerprint density at radius 1 is 1.32 bits per heavy atom. The zero-order valence-corrected chi connectivity index (χ0v) is 20.2. The largest absolute Gasteiger partial charge is 0.507 e. The smallest absolute Gasteiger partial charge is 0.123 e. The summed E-state index contributed by atoms with van der Waals surface area (Å²) >= 11 is 0. The van der Waals surface area contributed by atoms with Crippen LogP contribution in [-0.4, -0.2) is 29.3 Å². The molecule has 1 N–H and O–H groups in total. The van der Waals surface area contributed by atoms with Crippen molar-refractivity contribution in [1.82, 2.24) is 4.90 Å². The number of phenolic OH excluding ortho intramolecular Hbond substituents is 1. The molecule has 2 unspecified atom stereocenters. The third-order valence-corrected chi connectivity index (χ3v) is 5.76. The lowest BCUT2D eigenvalue weighted by molar-refractivity contribution is 0.0186. The predicted molar refractivity (Wildman–Crippen MR) is 130 cm³/mol. The Labute approximate surface area is 189 Å². The van der Waals surface area contributed by atoms with E-state index in [1.54, 1.807) is 0 Å². The second-order valence-electron chi connectivity index (χ2n) is 8.98. The second-order valence-corrected chi connectivity index (χ2v) is 8.98. The average molecular weight is 429 g/mol. The average Bonchev–Trinajstić information content (AvgIpc) is 2.73. The van der Waals surface area contributed by atoms with Gasteiger partial charge >= 0.3 is 0 Å². The predicted octanol–water partition coefficient (Wildman–Crippen LogP) is 7.42. The highest BCUT2D eigenvalue weighted by atomic mass is 19.1. The molecule has 1 aliphatic heterocycles. The fraction of sp³-hybridized carbons (Fsp3) is 0.593. The van der Waals surface area contributed by atoms with E-state index in [9.17, 15) is 9.50 Å². The molecule has 0 amide bonds. The third kappa shape index (κ3) is 8.50. The maximum atomic E-state index is 14.5. The van der Waals surface area contributed by atoms with Crippen LogP contribution in [0.2, 0.25) is 0 Å². The van der Waals surface area contributed by atoms with Gasteiger partial charge in [-0.25, -0.2) is 4.39 Å². The van der Waals surface area contributed by atoms with Crippen LogP contribution in [0.5, 0.6) is 5.75 Å². The number of hydrogen-bond donors (Lipinski definition) is 1. The summed E-state index contributed by atoms with van der Waals surface area (Å²) in [7, 11) is 0. The maximum absolute atomic E-state index is 14.5. The highest BCUT2D eigenvalue weighted by molar-refractivity contribution is 5.71. The summed E-state index contributed by atoms with van der Waals surface area (Å²) in [6.07, 6.45) is 6.73. The molecule has 3 rings (SSSR count). The molecule has 1 aliphatic carbocycles. The number of likely N-dealkylation sites (tertiary alicyclic amines) is 1. The van der Waals surface area contributed by atoms with Crippen molar-refractivity contribution in [3.63, 3.8) is 0 Å². The normalized spacial score (nSPS) is 23.3. The highest BCUT2D eigenvalue weighted by Gasteiger charge is 2.39. The summed E-state index contributed by atoms with van der Waals surface area (Å²) in [5.74, 6) is 0.328. The Morgan fingerprint density at radius 3 is 2.52 bits per heavy atom. The van der Waals surface area contributed by atoms with E-state index in [4.69, 9.17) is 5.26 Å². The minimum Gasteiger partial charge on any atom is -0.507 e. The van der Waals surface area contributed by atoms with Gasteiger partial charge in [-0.05, 0) is 69.7 Å². The van der Waals surface area contributed by atoms with Crippen LogP contribution in [0.1, 0.15) is 84.3 Å². The van der Waals surface area contributed by atoms with Crippen LogP contribution in [0.3, 0.4) is 0 Å². The van der Waals surface area contributed by atoms with E-state index in [0.29, 0.717) is 25.3 Å². The van der Waals surface area contributed by atoms with Crippen LogP contribution in [0, 0.1) is 16.7 Å². The van der Waals surface area contributed by atoms with Gasteiger partial charge in [0.2, 0.25) is 0 Å². The zero-order chi connectivity index (χ0) is 23.4. The van der Waals surface area contributed by atoms with Crippen molar-refractivity contribution in [2.24, 2.45) is 5.41 Å². The first kappa shape index (κ1) is 26.9. The van der Waals surface area contributed by atoms with Crippen LogP contribution < -0.4 is 0 Å². The Morgan fingerprint density at radius 2 is 2.00 bits per heavy atom. The lowest BCUT2D eigenvalue weighted by Gasteiger charge is -2.41. The fourth-order valence-electron chi connectivity index (χ4n) is 3.92. The van der Waals surface area contributed by atoms with E-state index in [1.807, 2.05) is 52.8 Å². The summed E-state index contributed by atoms with van der Waals surface area (Å²) in [5, 5.41) is 19.3. The first-order chi connectivity index (χ1) is 14.7. The molecular formula is C27H41FN2O. The lowest BCUT2D eigenvalue weighted by Crippen LogP contribution is -2.47. The Hall–Kier alpha value is -2.12. The van der Waals surface area contributed by atoms with Crippen LogP contribution in [0.15, 0.2) is 36.4 Å².